The first-order valence-electron chi connectivity index (χ1n) is 7.69. The summed E-state index contributed by atoms with van der Waals surface area (Å²) in [6, 6.07) is 8.37. The second-order valence-corrected chi connectivity index (χ2v) is 5.15. The molecule has 7 heteroatoms. The summed E-state index contributed by atoms with van der Waals surface area (Å²) in [5, 5.41) is 5.68. The van der Waals surface area contributed by atoms with Crippen molar-refractivity contribution >= 4 is 18.3 Å². The number of amides is 1. The Hall–Kier alpha value is -2.18. The lowest BCUT2D eigenvalue weighted by Gasteiger charge is -2.09. The Kier molecular flexibility index (Phi) is 8.31. The molecule has 0 bridgehead atoms. The van der Waals surface area contributed by atoms with Crippen LogP contribution in [0, 0.1) is 11.6 Å². The smallest absolute Gasteiger partial charge is 0.254 e. The molecule has 2 rings (SSSR count). The number of methoxy groups -OCH3 is 1. The van der Waals surface area contributed by atoms with Crippen molar-refractivity contribution in [3.8, 4) is 16.9 Å². The normalized spacial score (nSPS) is 10.1. The fraction of sp³-hybridized carbons (Fsp3) is 0.278. The Labute approximate surface area is 152 Å². The van der Waals surface area contributed by atoms with Crippen LogP contribution in [-0.4, -0.2) is 32.7 Å². The van der Waals surface area contributed by atoms with E-state index >= 15 is 0 Å². The number of carbonyl (C=O) groups excluding carboxylic acids is 1. The molecule has 0 aliphatic carbocycles. The lowest BCUT2D eigenvalue weighted by atomic mass is 10.0. The van der Waals surface area contributed by atoms with Gasteiger partial charge in [-0.3, -0.25) is 4.79 Å². The van der Waals surface area contributed by atoms with Crippen LogP contribution in [-0.2, 0) is 0 Å². The van der Waals surface area contributed by atoms with Crippen LogP contribution in [0.3, 0.4) is 0 Å². The summed E-state index contributed by atoms with van der Waals surface area (Å²) in [7, 11) is 1.44. The number of ether oxygens (including phenoxy) is 1. The molecule has 0 aromatic heterocycles. The Morgan fingerprint density at radius 3 is 2.44 bits per heavy atom. The Morgan fingerprint density at radius 1 is 1.08 bits per heavy atom. The number of hydrogen-bond acceptors (Lipinski definition) is 3. The maximum Gasteiger partial charge on any atom is 0.254 e. The van der Waals surface area contributed by atoms with E-state index in [2.05, 4.69) is 10.6 Å². The summed E-state index contributed by atoms with van der Waals surface area (Å²) < 4.78 is 33.2. The Bertz CT molecular complexity index is 726. The van der Waals surface area contributed by atoms with E-state index in [1.54, 1.807) is 6.07 Å². The molecule has 25 heavy (non-hydrogen) atoms. The van der Waals surface area contributed by atoms with Crippen LogP contribution in [0.5, 0.6) is 5.75 Å². The van der Waals surface area contributed by atoms with Crippen LogP contribution < -0.4 is 15.4 Å². The van der Waals surface area contributed by atoms with Gasteiger partial charge in [0.2, 0.25) is 0 Å². The SMILES string of the molecule is CCNCCNC(=O)c1ccc(-c2ccc(OC)cc2F)cc1F.Cl. The van der Waals surface area contributed by atoms with E-state index in [-0.39, 0.29) is 23.5 Å². The highest BCUT2D eigenvalue weighted by Crippen LogP contribution is 2.27. The van der Waals surface area contributed by atoms with Gasteiger partial charge < -0.3 is 15.4 Å². The summed E-state index contributed by atoms with van der Waals surface area (Å²) in [6.45, 7) is 3.77. The fourth-order valence-electron chi connectivity index (χ4n) is 2.26. The second kappa shape index (κ2) is 9.96. The standard InChI is InChI=1S/C18H20F2N2O2.ClH/c1-3-21-8-9-22-18(23)15-6-4-12(10-16(15)19)14-7-5-13(24-2)11-17(14)20;/h4-7,10-11,21H,3,8-9H2,1-2H3,(H,22,23);1H. The van der Waals surface area contributed by atoms with E-state index < -0.39 is 17.5 Å². The number of likely N-dealkylation sites (N-methyl/N-ethyl adjacent to an activating group) is 1. The monoisotopic (exact) mass is 370 g/mol. The molecule has 2 N–H and O–H groups in total. The number of benzene rings is 2. The maximum atomic E-state index is 14.2. The Morgan fingerprint density at radius 2 is 1.84 bits per heavy atom. The van der Waals surface area contributed by atoms with Crippen LogP contribution in [0.15, 0.2) is 36.4 Å². The van der Waals surface area contributed by atoms with Crippen molar-refractivity contribution in [2.45, 2.75) is 6.92 Å². The third kappa shape index (κ3) is 5.41. The minimum Gasteiger partial charge on any atom is -0.497 e. The summed E-state index contributed by atoms with van der Waals surface area (Å²) >= 11 is 0. The first kappa shape index (κ1) is 20.9. The van der Waals surface area contributed by atoms with Gasteiger partial charge >= 0.3 is 0 Å². The molecule has 0 atom stereocenters. The van der Waals surface area contributed by atoms with Crippen molar-refractivity contribution in [1.82, 2.24) is 10.6 Å². The summed E-state index contributed by atoms with van der Waals surface area (Å²) in [6.07, 6.45) is 0. The van der Waals surface area contributed by atoms with Crippen molar-refractivity contribution in [1.29, 1.82) is 0 Å². The van der Waals surface area contributed by atoms with Crippen LogP contribution >= 0.6 is 12.4 Å². The van der Waals surface area contributed by atoms with Gasteiger partial charge in [0.15, 0.2) is 0 Å². The van der Waals surface area contributed by atoms with Gasteiger partial charge in [-0.1, -0.05) is 13.0 Å². The predicted octanol–water partition coefficient (Wildman–Crippen LogP) is 3.40. The molecule has 0 fully saturated rings. The molecular weight excluding hydrogens is 350 g/mol. The quantitative estimate of drug-likeness (QED) is 0.734. The average Bonchev–Trinajstić information content (AvgIpc) is 2.58. The molecule has 0 saturated carbocycles. The van der Waals surface area contributed by atoms with E-state index in [1.807, 2.05) is 6.92 Å². The zero-order chi connectivity index (χ0) is 17.5. The van der Waals surface area contributed by atoms with Gasteiger partial charge in [0, 0.05) is 24.7 Å². The van der Waals surface area contributed by atoms with Crippen molar-refractivity contribution < 1.29 is 18.3 Å². The molecular formula is C18H21ClF2N2O2. The first-order valence-corrected chi connectivity index (χ1v) is 7.69. The fourth-order valence-corrected chi connectivity index (χ4v) is 2.26. The molecule has 1 amide bonds. The predicted molar refractivity (Wildman–Crippen MR) is 96.5 cm³/mol. The first-order chi connectivity index (χ1) is 11.6. The minimum atomic E-state index is -0.691. The van der Waals surface area contributed by atoms with Crippen molar-refractivity contribution in [2.75, 3.05) is 26.7 Å². The second-order valence-electron chi connectivity index (χ2n) is 5.15. The van der Waals surface area contributed by atoms with E-state index in [0.717, 1.165) is 12.6 Å². The van der Waals surface area contributed by atoms with Crippen molar-refractivity contribution in [3.05, 3.63) is 53.6 Å². The molecule has 0 heterocycles. The molecule has 0 aliphatic heterocycles. The molecule has 136 valence electrons. The van der Waals surface area contributed by atoms with Crippen LogP contribution in [0.1, 0.15) is 17.3 Å². The van der Waals surface area contributed by atoms with E-state index in [4.69, 9.17) is 4.74 Å². The van der Waals surface area contributed by atoms with Gasteiger partial charge in [0.1, 0.15) is 17.4 Å². The van der Waals surface area contributed by atoms with Crippen LogP contribution in [0.2, 0.25) is 0 Å². The molecule has 0 saturated heterocycles. The molecule has 0 spiro atoms. The van der Waals surface area contributed by atoms with Gasteiger partial charge in [0.05, 0.1) is 12.7 Å². The van der Waals surface area contributed by atoms with Crippen LogP contribution in [0.25, 0.3) is 11.1 Å². The average molecular weight is 371 g/mol. The van der Waals surface area contributed by atoms with E-state index in [9.17, 15) is 13.6 Å². The summed E-state index contributed by atoms with van der Waals surface area (Å²) in [5.41, 5.74) is 0.537. The zero-order valence-electron chi connectivity index (χ0n) is 14.1. The number of nitrogens with one attached hydrogen (secondary N) is 2. The third-order valence-corrected chi connectivity index (χ3v) is 3.54. The lowest BCUT2D eigenvalue weighted by Crippen LogP contribution is -2.32. The van der Waals surface area contributed by atoms with Crippen molar-refractivity contribution in [3.63, 3.8) is 0 Å². The maximum absolute atomic E-state index is 14.2. The highest BCUT2D eigenvalue weighted by atomic mass is 35.5. The number of rotatable bonds is 7. The molecule has 0 unspecified atom stereocenters. The zero-order valence-corrected chi connectivity index (χ0v) is 14.9. The Balaban J connectivity index is 0.00000312. The number of halogens is 3. The van der Waals surface area contributed by atoms with Gasteiger partial charge in [-0.25, -0.2) is 8.78 Å². The van der Waals surface area contributed by atoms with Gasteiger partial charge in [-0.05, 0) is 36.4 Å². The lowest BCUT2D eigenvalue weighted by molar-refractivity contribution is 0.0950. The van der Waals surface area contributed by atoms with Gasteiger partial charge in [-0.15, -0.1) is 12.4 Å². The highest BCUT2D eigenvalue weighted by Gasteiger charge is 2.14. The summed E-state index contributed by atoms with van der Waals surface area (Å²) in [5.74, 6) is -1.32. The molecule has 4 nitrogen and oxygen atoms in total. The number of carbonyl (C=O) groups is 1. The largest absolute Gasteiger partial charge is 0.497 e. The molecule has 2 aromatic carbocycles. The van der Waals surface area contributed by atoms with Crippen LogP contribution in [0.4, 0.5) is 8.78 Å². The highest BCUT2D eigenvalue weighted by molar-refractivity contribution is 5.95. The molecule has 2 aromatic rings. The number of hydrogen-bond donors (Lipinski definition) is 2. The topological polar surface area (TPSA) is 50.4 Å². The molecule has 0 aliphatic rings. The van der Waals surface area contributed by atoms with Gasteiger partial charge in [-0.2, -0.15) is 0 Å². The summed E-state index contributed by atoms with van der Waals surface area (Å²) in [4.78, 5) is 12.0. The third-order valence-electron chi connectivity index (χ3n) is 3.54. The minimum absolute atomic E-state index is 0. The van der Waals surface area contributed by atoms with E-state index in [0.29, 0.717) is 24.4 Å². The van der Waals surface area contributed by atoms with Crippen molar-refractivity contribution in [2.24, 2.45) is 0 Å². The molecule has 0 radical (unpaired) electrons. The van der Waals surface area contributed by atoms with Gasteiger partial charge in [0.25, 0.3) is 5.91 Å². The van der Waals surface area contributed by atoms with E-state index in [1.165, 1.54) is 31.4 Å².